The van der Waals surface area contributed by atoms with E-state index in [1.165, 1.54) is 43.4 Å². The molecule has 0 aliphatic carbocycles. The Kier molecular flexibility index (Phi) is 9.05. The molecule has 0 saturated heterocycles. The predicted octanol–water partition coefficient (Wildman–Crippen LogP) is 9.15. The summed E-state index contributed by atoms with van der Waals surface area (Å²) in [6, 6.07) is 20.0. The molecule has 0 nitrogen and oxygen atoms in total. The second-order valence-electron chi connectivity index (χ2n) is 9.47. The van der Waals surface area contributed by atoms with Crippen LogP contribution in [-0.4, -0.2) is 6.18 Å². The third-order valence-electron chi connectivity index (χ3n) is 6.36. The highest BCUT2D eigenvalue weighted by atomic mass is 19.4. The molecule has 39 heavy (non-hydrogen) atoms. The number of benzene rings is 4. The highest BCUT2D eigenvalue weighted by molar-refractivity contribution is 5.86. The average molecular weight is 531 g/mol. The van der Waals surface area contributed by atoms with Crippen molar-refractivity contribution < 1.29 is 22.0 Å². The topological polar surface area (TPSA) is 0 Å². The van der Waals surface area contributed by atoms with Crippen LogP contribution in [0.25, 0.3) is 10.8 Å². The maximum atomic E-state index is 15.1. The van der Waals surface area contributed by atoms with Gasteiger partial charge in [0.25, 0.3) is 0 Å². The Morgan fingerprint density at radius 1 is 0.667 bits per heavy atom. The first-order chi connectivity index (χ1) is 18.7. The van der Waals surface area contributed by atoms with Crippen molar-refractivity contribution in [3.05, 3.63) is 118 Å². The molecule has 0 atom stereocenters. The lowest BCUT2D eigenvalue weighted by atomic mass is 10.0. The minimum Gasteiger partial charge on any atom is -0.207 e. The summed E-state index contributed by atoms with van der Waals surface area (Å²) >= 11 is 0. The van der Waals surface area contributed by atoms with E-state index < -0.39 is 29.8 Å². The Bertz CT molecular complexity index is 1570. The number of rotatable bonds is 6. The van der Waals surface area contributed by atoms with Crippen LogP contribution in [0.3, 0.4) is 0 Å². The molecule has 0 radical (unpaired) electrons. The fraction of sp³-hybridized carbons (Fsp3) is 0.235. The lowest BCUT2D eigenvalue weighted by molar-refractivity contribution is -0.127. The van der Waals surface area contributed by atoms with Crippen molar-refractivity contribution in [2.45, 2.75) is 51.6 Å². The van der Waals surface area contributed by atoms with E-state index in [1.54, 1.807) is 24.3 Å². The molecule has 0 amide bonds. The van der Waals surface area contributed by atoms with Gasteiger partial charge in [-0.1, -0.05) is 80.2 Å². The van der Waals surface area contributed by atoms with E-state index in [-0.39, 0.29) is 11.1 Å². The summed E-state index contributed by atoms with van der Waals surface area (Å²) in [5.41, 5.74) is 2.77. The van der Waals surface area contributed by atoms with E-state index in [9.17, 15) is 17.6 Å². The summed E-state index contributed by atoms with van der Waals surface area (Å²) in [7, 11) is 0. The summed E-state index contributed by atoms with van der Waals surface area (Å²) in [6.07, 6.45) is 0.133. The van der Waals surface area contributed by atoms with Gasteiger partial charge in [0, 0.05) is 22.1 Å². The Morgan fingerprint density at radius 3 is 2.05 bits per heavy atom. The molecule has 0 bridgehead atoms. The number of unbranched alkanes of at least 4 members (excludes halogenated alkanes) is 3. The number of hydrogen-bond donors (Lipinski definition) is 0. The fourth-order valence-corrected chi connectivity index (χ4v) is 4.25. The lowest BCUT2D eigenvalue weighted by Crippen LogP contribution is -2.12. The number of fused-ring (bicyclic) bond motifs is 1. The third kappa shape index (κ3) is 7.95. The molecule has 4 aromatic carbocycles. The van der Waals surface area contributed by atoms with E-state index in [0.717, 1.165) is 29.7 Å². The predicted molar refractivity (Wildman–Crippen MR) is 146 cm³/mol. The molecule has 4 rings (SSSR count). The van der Waals surface area contributed by atoms with E-state index in [1.807, 2.05) is 12.1 Å². The quantitative estimate of drug-likeness (QED) is 0.132. The lowest BCUT2D eigenvalue weighted by Gasteiger charge is -2.07. The minimum absolute atomic E-state index is 0.107. The summed E-state index contributed by atoms with van der Waals surface area (Å²) < 4.78 is 66.7. The molecule has 0 fully saturated rings. The zero-order valence-electron chi connectivity index (χ0n) is 21.6. The molecule has 0 aliphatic heterocycles. The molecule has 0 spiro atoms. The summed E-state index contributed by atoms with van der Waals surface area (Å²) in [6.45, 7) is 2.20. The maximum absolute atomic E-state index is 15.1. The normalized spacial score (nSPS) is 11.0. The van der Waals surface area contributed by atoms with Crippen molar-refractivity contribution in [3.63, 3.8) is 0 Å². The molecule has 0 saturated carbocycles. The molecule has 0 aliphatic rings. The van der Waals surface area contributed by atoms with Crippen molar-refractivity contribution in [1.29, 1.82) is 0 Å². The number of hydrogen-bond acceptors (Lipinski definition) is 0. The number of halogens is 5. The summed E-state index contributed by atoms with van der Waals surface area (Å²) in [5.74, 6) is 10.1. The Morgan fingerprint density at radius 2 is 1.33 bits per heavy atom. The van der Waals surface area contributed by atoms with Crippen LogP contribution in [0.5, 0.6) is 0 Å². The highest BCUT2D eigenvalue weighted by Gasteiger charge is 2.29. The SMILES string of the molecule is CCCCCCc1ccc(C#Cc2ccc3c(F)c(C#Cc4ccc(CC(F)(F)F)c(F)c4)ccc3c2)cc1. The second-order valence-corrected chi connectivity index (χ2v) is 9.47. The van der Waals surface area contributed by atoms with Gasteiger partial charge in [0.1, 0.15) is 11.6 Å². The average Bonchev–Trinajstić information content (AvgIpc) is 2.91. The van der Waals surface area contributed by atoms with E-state index in [2.05, 4.69) is 42.7 Å². The van der Waals surface area contributed by atoms with Gasteiger partial charge >= 0.3 is 6.18 Å². The van der Waals surface area contributed by atoms with Gasteiger partial charge in [-0.25, -0.2) is 8.78 Å². The van der Waals surface area contributed by atoms with Crippen molar-refractivity contribution in [1.82, 2.24) is 0 Å². The summed E-state index contributed by atoms with van der Waals surface area (Å²) in [4.78, 5) is 0. The van der Waals surface area contributed by atoms with Gasteiger partial charge in [-0.15, -0.1) is 0 Å². The van der Waals surface area contributed by atoms with Crippen LogP contribution < -0.4 is 0 Å². The molecule has 0 heterocycles. The van der Waals surface area contributed by atoms with Crippen molar-refractivity contribution >= 4 is 10.8 Å². The van der Waals surface area contributed by atoms with Gasteiger partial charge in [0.05, 0.1) is 12.0 Å². The van der Waals surface area contributed by atoms with Crippen LogP contribution >= 0.6 is 0 Å². The summed E-state index contributed by atoms with van der Waals surface area (Å²) in [5, 5.41) is 1.03. The standard InChI is InChI=1S/C34H27F5/c1-2-3-4-5-6-24-7-9-25(10-8-24)11-12-26-15-20-31-29(21-26)19-18-28(33(31)36)16-13-27-14-17-30(32(35)22-27)23-34(37,38)39/h7-10,14-15,17-22H,2-6,23H2,1H3. The Balaban J connectivity index is 1.47. The van der Waals surface area contributed by atoms with Gasteiger partial charge in [-0.3, -0.25) is 0 Å². The van der Waals surface area contributed by atoms with Crippen LogP contribution in [0.4, 0.5) is 22.0 Å². The molecular formula is C34H27F5. The zero-order valence-corrected chi connectivity index (χ0v) is 21.6. The minimum atomic E-state index is -4.51. The van der Waals surface area contributed by atoms with E-state index in [4.69, 9.17) is 0 Å². The van der Waals surface area contributed by atoms with Gasteiger partial charge < -0.3 is 0 Å². The van der Waals surface area contributed by atoms with Crippen LogP contribution in [-0.2, 0) is 12.8 Å². The monoisotopic (exact) mass is 530 g/mol. The van der Waals surface area contributed by atoms with Crippen molar-refractivity contribution in [2.24, 2.45) is 0 Å². The van der Waals surface area contributed by atoms with Crippen LogP contribution in [0.1, 0.15) is 66.0 Å². The number of alkyl halides is 3. The molecule has 198 valence electrons. The molecule has 4 aromatic rings. The van der Waals surface area contributed by atoms with Crippen LogP contribution in [0.2, 0.25) is 0 Å². The largest absolute Gasteiger partial charge is 0.393 e. The Labute approximate surface area is 225 Å². The Hall–Kier alpha value is -4.09. The maximum Gasteiger partial charge on any atom is 0.393 e. The van der Waals surface area contributed by atoms with Crippen LogP contribution in [0, 0.1) is 35.3 Å². The van der Waals surface area contributed by atoms with Crippen LogP contribution in [0.15, 0.2) is 72.8 Å². The first-order valence-electron chi connectivity index (χ1n) is 12.9. The third-order valence-corrected chi connectivity index (χ3v) is 6.36. The van der Waals surface area contributed by atoms with Gasteiger partial charge in [0.2, 0.25) is 0 Å². The smallest absolute Gasteiger partial charge is 0.207 e. The van der Waals surface area contributed by atoms with Gasteiger partial charge in [-0.2, -0.15) is 13.2 Å². The molecule has 0 aromatic heterocycles. The molecular weight excluding hydrogens is 503 g/mol. The van der Waals surface area contributed by atoms with Gasteiger partial charge in [-0.05, 0) is 71.8 Å². The van der Waals surface area contributed by atoms with E-state index in [0.29, 0.717) is 10.8 Å². The first-order valence-corrected chi connectivity index (χ1v) is 12.9. The highest BCUT2D eigenvalue weighted by Crippen LogP contribution is 2.24. The van der Waals surface area contributed by atoms with E-state index >= 15 is 4.39 Å². The van der Waals surface area contributed by atoms with Crippen molar-refractivity contribution in [2.75, 3.05) is 0 Å². The molecule has 0 unspecified atom stereocenters. The fourth-order valence-electron chi connectivity index (χ4n) is 4.25. The zero-order chi connectivity index (χ0) is 27.8. The van der Waals surface area contributed by atoms with Crippen molar-refractivity contribution in [3.8, 4) is 23.7 Å². The molecule has 5 heteroatoms. The second kappa shape index (κ2) is 12.6. The number of aryl methyl sites for hydroxylation is 1. The first kappa shape index (κ1) is 27.9. The van der Waals surface area contributed by atoms with Gasteiger partial charge in [0.15, 0.2) is 0 Å². The molecule has 0 N–H and O–H groups in total.